The Hall–Kier alpha value is -5.47. The average Bonchev–Trinajstić information content (AvgIpc) is 3.39. The second kappa shape index (κ2) is 8.51. The third-order valence-electron chi connectivity index (χ3n) is 8.62. The fourth-order valence-electron chi connectivity index (χ4n) is 6.92. The van der Waals surface area contributed by atoms with Gasteiger partial charge in [0.25, 0.3) is 0 Å². The van der Waals surface area contributed by atoms with Crippen LogP contribution in [0.1, 0.15) is 0 Å². The van der Waals surface area contributed by atoms with Gasteiger partial charge >= 0.3 is 0 Å². The van der Waals surface area contributed by atoms with E-state index in [0.717, 1.165) is 11.3 Å². The van der Waals surface area contributed by atoms with Gasteiger partial charge in [0.15, 0.2) is 0 Å². The number of aromatic nitrogens is 2. The normalized spacial score (nSPS) is 11.9. The SMILES string of the molecule is c1ccc(-c2ccc(-n3c4ccccc4c4ccc5c6ccccc6c6ccccc6c5c43)c3ccccc23)nc1. The molecule has 2 heterocycles. The molecule has 0 bridgehead atoms. The van der Waals surface area contributed by atoms with E-state index >= 15 is 0 Å². The summed E-state index contributed by atoms with van der Waals surface area (Å²) in [6.07, 6.45) is 1.87. The van der Waals surface area contributed by atoms with Gasteiger partial charge in [-0.25, -0.2) is 0 Å². The van der Waals surface area contributed by atoms with Crippen molar-refractivity contribution in [2.24, 2.45) is 0 Å². The Bertz CT molecular complexity index is 2430. The molecule has 41 heavy (non-hydrogen) atoms. The average molecular weight is 521 g/mol. The van der Waals surface area contributed by atoms with Crippen LogP contribution in [0, 0.1) is 0 Å². The molecule has 190 valence electrons. The summed E-state index contributed by atoms with van der Waals surface area (Å²) >= 11 is 0. The van der Waals surface area contributed by atoms with Crippen LogP contribution in [0.2, 0.25) is 0 Å². The third-order valence-corrected chi connectivity index (χ3v) is 8.62. The number of fused-ring (bicyclic) bond motifs is 11. The number of rotatable bonds is 2. The Kier molecular flexibility index (Phi) is 4.64. The van der Waals surface area contributed by atoms with Gasteiger partial charge in [-0.05, 0) is 56.6 Å². The fraction of sp³-hybridized carbons (Fsp3) is 0. The molecule has 2 aromatic heterocycles. The molecular weight excluding hydrogens is 496 g/mol. The number of pyridine rings is 1. The first-order valence-electron chi connectivity index (χ1n) is 14.1. The van der Waals surface area contributed by atoms with Crippen molar-refractivity contribution in [3.05, 3.63) is 146 Å². The Morgan fingerprint density at radius 1 is 0.390 bits per heavy atom. The Labute approximate surface area is 236 Å². The Morgan fingerprint density at radius 2 is 0.951 bits per heavy atom. The molecule has 0 unspecified atom stereocenters. The van der Waals surface area contributed by atoms with E-state index in [4.69, 9.17) is 0 Å². The second-order valence-corrected chi connectivity index (χ2v) is 10.7. The number of benzene rings is 7. The molecule has 0 atom stereocenters. The van der Waals surface area contributed by atoms with Gasteiger partial charge in [-0.15, -0.1) is 0 Å². The smallest absolute Gasteiger partial charge is 0.0708 e. The van der Waals surface area contributed by atoms with Gasteiger partial charge < -0.3 is 4.57 Å². The number of para-hydroxylation sites is 1. The molecule has 0 radical (unpaired) electrons. The van der Waals surface area contributed by atoms with Crippen molar-refractivity contribution in [1.29, 1.82) is 0 Å². The predicted octanol–water partition coefficient (Wildman–Crippen LogP) is 10.5. The minimum atomic E-state index is 0.986. The van der Waals surface area contributed by atoms with Crippen molar-refractivity contribution < 1.29 is 0 Å². The monoisotopic (exact) mass is 520 g/mol. The lowest BCUT2D eigenvalue weighted by Crippen LogP contribution is -1.98. The molecule has 0 amide bonds. The largest absolute Gasteiger partial charge is 0.308 e. The zero-order valence-corrected chi connectivity index (χ0v) is 22.3. The van der Waals surface area contributed by atoms with E-state index in [1.165, 1.54) is 70.6 Å². The van der Waals surface area contributed by atoms with Crippen LogP contribution in [0.4, 0.5) is 0 Å². The molecule has 0 spiro atoms. The molecule has 0 aliphatic rings. The van der Waals surface area contributed by atoms with Crippen molar-refractivity contribution in [3.8, 4) is 16.9 Å². The molecule has 2 nitrogen and oxygen atoms in total. The molecule has 9 aromatic rings. The van der Waals surface area contributed by atoms with Gasteiger partial charge in [0.2, 0.25) is 0 Å². The molecule has 9 rings (SSSR count). The van der Waals surface area contributed by atoms with Crippen LogP contribution in [0.5, 0.6) is 0 Å². The summed E-state index contributed by atoms with van der Waals surface area (Å²) in [5, 5.41) is 12.7. The molecule has 0 fully saturated rings. The second-order valence-electron chi connectivity index (χ2n) is 10.7. The molecule has 0 saturated carbocycles. The lowest BCUT2D eigenvalue weighted by molar-refractivity contribution is 1.20. The molecule has 0 saturated heterocycles. The van der Waals surface area contributed by atoms with Gasteiger partial charge in [0, 0.05) is 33.3 Å². The van der Waals surface area contributed by atoms with Crippen molar-refractivity contribution in [2.45, 2.75) is 0 Å². The van der Waals surface area contributed by atoms with E-state index in [2.05, 4.69) is 143 Å². The maximum atomic E-state index is 4.69. The standard InChI is InChI=1S/C39H24N2/c1-2-13-27-25(11-1)26-12-4-6-17-32(26)38-33(27)20-21-34-31-16-7-8-19-36(31)41(39(34)38)37-23-22-29(35-18-9-10-24-40-35)28-14-3-5-15-30(28)37/h1-24H. The number of nitrogens with zero attached hydrogens (tertiary/aromatic N) is 2. The molecular formula is C39H24N2. The number of hydrogen-bond donors (Lipinski definition) is 0. The first-order valence-corrected chi connectivity index (χ1v) is 14.1. The highest BCUT2D eigenvalue weighted by molar-refractivity contribution is 6.33. The molecule has 0 N–H and O–H groups in total. The van der Waals surface area contributed by atoms with Gasteiger partial charge in [-0.3, -0.25) is 4.98 Å². The molecule has 0 aliphatic heterocycles. The first-order chi connectivity index (χ1) is 20.4. The van der Waals surface area contributed by atoms with Crippen molar-refractivity contribution in [2.75, 3.05) is 0 Å². The summed E-state index contributed by atoms with van der Waals surface area (Å²) in [5.74, 6) is 0. The maximum absolute atomic E-state index is 4.69. The molecule has 2 heteroatoms. The van der Waals surface area contributed by atoms with E-state index in [1.54, 1.807) is 0 Å². The molecule has 0 aliphatic carbocycles. The highest BCUT2D eigenvalue weighted by Crippen LogP contribution is 2.44. The summed E-state index contributed by atoms with van der Waals surface area (Å²) in [6.45, 7) is 0. The first kappa shape index (κ1) is 22.4. The minimum absolute atomic E-state index is 0.986. The van der Waals surface area contributed by atoms with Gasteiger partial charge in [0.05, 0.1) is 22.4 Å². The van der Waals surface area contributed by atoms with Crippen LogP contribution in [0.3, 0.4) is 0 Å². The lowest BCUT2D eigenvalue weighted by atomic mass is 9.93. The van der Waals surface area contributed by atoms with Crippen molar-refractivity contribution >= 4 is 64.9 Å². The predicted molar refractivity (Wildman–Crippen MR) is 174 cm³/mol. The Morgan fingerprint density at radius 3 is 1.68 bits per heavy atom. The van der Waals surface area contributed by atoms with Crippen LogP contribution >= 0.6 is 0 Å². The highest BCUT2D eigenvalue weighted by Gasteiger charge is 2.20. The molecule has 7 aromatic carbocycles. The summed E-state index contributed by atoms with van der Waals surface area (Å²) in [6, 6.07) is 50.5. The van der Waals surface area contributed by atoms with E-state index in [9.17, 15) is 0 Å². The minimum Gasteiger partial charge on any atom is -0.308 e. The van der Waals surface area contributed by atoms with E-state index < -0.39 is 0 Å². The summed E-state index contributed by atoms with van der Waals surface area (Å²) in [5.41, 5.74) is 5.77. The highest BCUT2D eigenvalue weighted by atomic mass is 15.0. The van der Waals surface area contributed by atoms with E-state index in [-0.39, 0.29) is 0 Å². The topological polar surface area (TPSA) is 17.8 Å². The fourth-order valence-corrected chi connectivity index (χ4v) is 6.92. The van der Waals surface area contributed by atoms with Crippen LogP contribution < -0.4 is 0 Å². The van der Waals surface area contributed by atoms with E-state index in [1.807, 2.05) is 12.3 Å². The van der Waals surface area contributed by atoms with Crippen molar-refractivity contribution in [3.63, 3.8) is 0 Å². The Balaban J connectivity index is 1.52. The number of hydrogen-bond acceptors (Lipinski definition) is 1. The van der Waals surface area contributed by atoms with E-state index in [0.29, 0.717) is 0 Å². The zero-order chi connectivity index (χ0) is 26.9. The maximum Gasteiger partial charge on any atom is 0.0708 e. The zero-order valence-electron chi connectivity index (χ0n) is 22.3. The van der Waals surface area contributed by atoms with Crippen LogP contribution in [0.15, 0.2) is 146 Å². The van der Waals surface area contributed by atoms with Gasteiger partial charge in [-0.2, -0.15) is 0 Å². The third kappa shape index (κ3) is 3.10. The summed E-state index contributed by atoms with van der Waals surface area (Å²) < 4.78 is 2.50. The van der Waals surface area contributed by atoms with Crippen LogP contribution in [-0.2, 0) is 0 Å². The van der Waals surface area contributed by atoms with Crippen LogP contribution in [0.25, 0.3) is 81.8 Å². The summed E-state index contributed by atoms with van der Waals surface area (Å²) in [4.78, 5) is 4.69. The van der Waals surface area contributed by atoms with Gasteiger partial charge in [-0.1, -0.05) is 115 Å². The van der Waals surface area contributed by atoms with Gasteiger partial charge in [0.1, 0.15) is 0 Å². The van der Waals surface area contributed by atoms with Crippen molar-refractivity contribution in [1.82, 2.24) is 9.55 Å². The quantitative estimate of drug-likeness (QED) is 0.207. The summed E-state index contributed by atoms with van der Waals surface area (Å²) in [7, 11) is 0. The van der Waals surface area contributed by atoms with Crippen LogP contribution in [-0.4, -0.2) is 9.55 Å². The lowest BCUT2D eigenvalue weighted by Gasteiger charge is -2.17.